The molecule has 0 saturated carbocycles. The molecule has 0 aliphatic rings. The van der Waals surface area contributed by atoms with Gasteiger partial charge < -0.3 is 14.2 Å². The lowest BCUT2D eigenvalue weighted by Crippen LogP contribution is -2.33. The first-order valence-electron chi connectivity index (χ1n) is 11.6. The zero-order chi connectivity index (χ0) is 25.3. The Kier molecular flexibility index (Phi) is 7.93. The minimum atomic E-state index is -0.729. The molecule has 0 aliphatic carbocycles. The Morgan fingerprint density at radius 2 is 1.53 bits per heavy atom. The third-order valence-corrected chi connectivity index (χ3v) is 5.28. The number of fused-ring (bicyclic) bond motifs is 1. The molecular formula is C29H26N2O5. The maximum absolute atomic E-state index is 12.4. The van der Waals surface area contributed by atoms with Crippen molar-refractivity contribution in [2.24, 2.45) is 5.10 Å². The zero-order valence-corrected chi connectivity index (χ0v) is 20.0. The molecular weight excluding hydrogens is 456 g/mol. The lowest BCUT2D eigenvalue weighted by Gasteiger charge is -2.13. The van der Waals surface area contributed by atoms with E-state index in [4.69, 9.17) is 14.2 Å². The first-order chi connectivity index (χ1) is 17.5. The number of nitrogens with zero attached hydrogens (tertiary/aromatic N) is 1. The maximum atomic E-state index is 12.4. The summed E-state index contributed by atoms with van der Waals surface area (Å²) in [7, 11) is 0. The van der Waals surface area contributed by atoms with Crippen LogP contribution in [-0.4, -0.2) is 30.8 Å². The molecule has 0 spiro atoms. The van der Waals surface area contributed by atoms with Crippen LogP contribution in [0.5, 0.6) is 17.2 Å². The smallest absolute Gasteiger partial charge is 0.343 e. The Morgan fingerprint density at radius 1 is 0.861 bits per heavy atom. The lowest BCUT2D eigenvalue weighted by molar-refractivity contribution is -0.127. The topological polar surface area (TPSA) is 86.2 Å². The Labute approximate surface area is 209 Å². The molecule has 182 valence electrons. The fraction of sp³-hybridized carbons (Fsp3) is 0.138. The van der Waals surface area contributed by atoms with Gasteiger partial charge in [-0.3, -0.25) is 4.79 Å². The van der Waals surface area contributed by atoms with Crippen LogP contribution in [-0.2, 0) is 4.79 Å². The second-order valence-electron chi connectivity index (χ2n) is 7.92. The van der Waals surface area contributed by atoms with Gasteiger partial charge in [0, 0.05) is 0 Å². The van der Waals surface area contributed by atoms with Crippen molar-refractivity contribution in [1.82, 2.24) is 5.43 Å². The first kappa shape index (κ1) is 24.5. The van der Waals surface area contributed by atoms with Crippen LogP contribution in [0.1, 0.15) is 29.8 Å². The monoisotopic (exact) mass is 482 g/mol. The van der Waals surface area contributed by atoms with Gasteiger partial charge in [-0.25, -0.2) is 10.2 Å². The minimum absolute atomic E-state index is 0.375. The molecule has 1 amide bonds. The Bertz CT molecular complexity index is 1360. The number of benzene rings is 4. The average Bonchev–Trinajstić information content (AvgIpc) is 2.90. The van der Waals surface area contributed by atoms with E-state index in [1.54, 1.807) is 55.5 Å². The maximum Gasteiger partial charge on any atom is 0.343 e. The van der Waals surface area contributed by atoms with Gasteiger partial charge in [0.15, 0.2) is 6.10 Å². The van der Waals surface area contributed by atoms with Crippen LogP contribution in [0, 0.1) is 0 Å². The van der Waals surface area contributed by atoms with E-state index in [0.29, 0.717) is 29.4 Å². The lowest BCUT2D eigenvalue weighted by atomic mass is 10.1. The summed E-state index contributed by atoms with van der Waals surface area (Å²) in [6.07, 6.45) is 0.770. The van der Waals surface area contributed by atoms with Gasteiger partial charge >= 0.3 is 5.97 Å². The number of hydrazone groups is 1. The number of esters is 1. The van der Waals surface area contributed by atoms with E-state index in [0.717, 1.165) is 16.3 Å². The predicted molar refractivity (Wildman–Crippen MR) is 139 cm³/mol. The molecule has 1 unspecified atom stereocenters. The van der Waals surface area contributed by atoms with Gasteiger partial charge in [0.25, 0.3) is 5.91 Å². The van der Waals surface area contributed by atoms with Gasteiger partial charge in [0.2, 0.25) is 0 Å². The molecule has 4 aromatic rings. The van der Waals surface area contributed by atoms with Crippen LogP contribution < -0.4 is 19.6 Å². The highest BCUT2D eigenvalue weighted by Crippen LogP contribution is 2.21. The van der Waals surface area contributed by atoms with Crippen molar-refractivity contribution in [3.05, 3.63) is 102 Å². The summed E-state index contributed by atoms with van der Waals surface area (Å²) in [4.78, 5) is 24.7. The fourth-order valence-electron chi connectivity index (χ4n) is 3.40. The predicted octanol–water partition coefficient (Wildman–Crippen LogP) is 5.38. The van der Waals surface area contributed by atoms with Gasteiger partial charge in [-0.1, -0.05) is 30.3 Å². The molecule has 1 atom stereocenters. The number of carbonyl (C=O) groups is 2. The highest BCUT2D eigenvalue weighted by Gasteiger charge is 2.14. The van der Waals surface area contributed by atoms with Crippen LogP contribution >= 0.6 is 0 Å². The van der Waals surface area contributed by atoms with E-state index in [1.807, 2.05) is 49.4 Å². The molecule has 0 heterocycles. The highest BCUT2D eigenvalue weighted by atomic mass is 16.5. The SMILES string of the molecule is CCOc1ccc(C(=O)Oc2ccc(/C=N/NC(=O)C(C)Oc3ccc4ccccc4c3)cc2)cc1. The zero-order valence-electron chi connectivity index (χ0n) is 20.0. The standard InChI is InChI=1S/C29H26N2O5/c1-3-34-25-15-11-23(12-16-25)29(33)36-26-13-8-21(9-14-26)19-30-31-28(32)20(2)35-27-17-10-22-6-4-5-7-24(22)18-27/h4-20H,3H2,1-2H3,(H,31,32)/b30-19+. The molecule has 7 heteroatoms. The number of hydrogen-bond acceptors (Lipinski definition) is 6. The quantitative estimate of drug-likeness (QED) is 0.150. The van der Waals surface area contributed by atoms with Crippen molar-refractivity contribution in [1.29, 1.82) is 0 Å². The Balaban J connectivity index is 1.27. The summed E-state index contributed by atoms with van der Waals surface area (Å²) in [5, 5.41) is 6.13. The molecule has 0 fully saturated rings. The van der Waals surface area contributed by atoms with Gasteiger partial charge in [-0.15, -0.1) is 0 Å². The summed E-state index contributed by atoms with van der Waals surface area (Å²) < 4.78 is 16.5. The van der Waals surface area contributed by atoms with Crippen LogP contribution in [0.15, 0.2) is 96.1 Å². The van der Waals surface area contributed by atoms with Crippen LogP contribution in [0.2, 0.25) is 0 Å². The summed E-state index contributed by atoms with van der Waals surface area (Å²) in [5.41, 5.74) is 3.62. The highest BCUT2D eigenvalue weighted by molar-refractivity contribution is 5.91. The van der Waals surface area contributed by atoms with Gasteiger partial charge in [-0.2, -0.15) is 5.10 Å². The molecule has 0 aromatic heterocycles. The van der Waals surface area contributed by atoms with Crippen molar-refractivity contribution < 1.29 is 23.8 Å². The summed E-state index contributed by atoms with van der Waals surface area (Å²) in [6.45, 7) is 4.11. The molecule has 0 saturated heterocycles. The normalized spacial score (nSPS) is 11.7. The minimum Gasteiger partial charge on any atom is -0.494 e. The second kappa shape index (κ2) is 11.7. The number of hydrogen-bond donors (Lipinski definition) is 1. The molecule has 1 N–H and O–H groups in total. The number of amides is 1. The van der Waals surface area contributed by atoms with E-state index in [9.17, 15) is 9.59 Å². The van der Waals surface area contributed by atoms with Crippen molar-refractivity contribution >= 4 is 28.9 Å². The Morgan fingerprint density at radius 3 is 2.25 bits per heavy atom. The van der Waals surface area contributed by atoms with Crippen molar-refractivity contribution in [3.8, 4) is 17.2 Å². The number of nitrogens with one attached hydrogen (secondary N) is 1. The van der Waals surface area contributed by atoms with E-state index >= 15 is 0 Å². The van der Waals surface area contributed by atoms with Crippen LogP contribution in [0.3, 0.4) is 0 Å². The van der Waals surface area contributed by atoms with E-state index in [2.05, 4.69) is 10.5 Å². The van der Waals surface area contributed by atoms with Crippen LogP contribution in [0.4, 0.5) is 0 Å². The van der Waals surface area contributed by atoms with Gasteiger partial charge in [0.1, 0.15) is 17.2 Å². The largest absolute Gasteiger partial charge is 0.494 e. The van der Waals surface area contributed by atoms with E-state index in [-0.39, 0.29) is 5.91 Å². The molecule has 4 aromatic carbocycles. The summed E-state index contributed by atoms with van der Waals surface area (Å²) in [5.74, 6) is 0.857. The third-order valence-electron chi connectivity index (χ3n) is 5.28. The van der Waals surface area contributed by atoms with Crippen molar-refractivity contribution in [2.45, 2.75) is 20.0 Å². The molecule has 36 heavy (non-hydrogen) atoms. The number of carbonyl (C=O) groups excluding carboxylic acids is 2. The average molecular weight is 483 g/mol. The van der Waals surface area contributed by atoms with Crippen molar-refractivity contribution in [2.75, 3.05) is 6.61 Å². The molecule has 4 rings (SSSR count). The summed E-state index contributed by atoms with van der Waals surface area (Å²) in [6, 6.07) is 27.1. The Hall–Kier alpha value is -4.65. The van der Waals surface area contributed by atoms with Crippen molar-refractivity contribution in [3.63, 3.8) is 0 Å². The van der Waals surface area contributed by atoms with E-state index < -0.39 is 12.1 Å². The number of rotatable bonds is 9. The van der Waals surface area contributed by atoms with Crippen LogP contribution in [0.25, 0.3) is 10.8 Å². The molecule has 0 radical (unpaired) electrons. The first-order valence-corrected chi connectivity index (χ1v) is 11.6. The van der Waals surface area contributed by atoms with E-state index in [1.165, 1.54) is 6.21 Å². The summed E-state index contributed by atoms with van der Waals surface area (Å²) >= 11 is 0. The molecule has 0 aliphatic heterocycles. The molecule has 0 bridgehead atoms. The fourth-order valence-corrected chi connectivity index (χ4v) is 3.40. The molecule has 7 nitrogen and oxygen atoms in total. The number of ether oxygens (including phenoxy) is 3. The van der Waals surface area contributed by atoms with Gasteiger partial charge in [-0.05, 0) is 90.8 Å². The second-order valence-corrected chi connectivity index (χ2v) is 7.92. The third kappa shape index (κ3) is 6.48. The van der Waals surface area contributed by atoms with Gasteiger partial charge in [0.05, 0.1) is 18.4 Å².